The van der Waals surface area contributed by atoms with Crippen LogP contribution in [-0.2, 0) is 15.4 Å². The molecule has 0 atom stereocenters. The summed E-state index contributed by atoms with van der Waals surface area (Å²) in [4.78, 5) is 1.68. The van der Waals surface area contributed by atoms with Crippen LogP contribution in [0.25, 0.3) is 0 Å². The van der Waals surface area contributed by atoms with Gasteiger partial charge in [0.25, 0.3) is 0 Å². The average molecular weight is 321 g/mol. The number of aryl methyl sites for hydroxylation is 2. The lowest BCUT2D eigenvalue weighted by atomic mass is 10.1. The lowest BCUT2D eigenvalue weighted by Crippen LogP contribution is -2.32. The largest absolute Gasteiger partial charge is 0.240 e. The van der Waals surface area contributed by atoms with Gasteiger partial charge in [-0.1, -0.05) is 18.2 Å². The predicted octanol–water partition coefficient (Wildman–Crippen LogP) is 3.38. The average Bonchev–Trinajstić information content (AvgIpc) is 3.03. The molecule has 1 saturated carbocycles. The van der Waals surface area contributed by atoms with E-state index in [1.54, 1.807) is 17.4 Å². The molecule has 0 amide bonds. The van der Waals surface area contributed by atoms with Crippen molar-refractivity contribution in [1.29, 1.82) is 0 Å². The molecule has 0 radical (unpaired) electrons. The highest BCUT2D eigenvalue weighted by atomic mass is 32.2. The van der Waals surface area contributed by atoms with E-state index in [-0.39, 0.29) is 5.41 Å². The number of thiophene rings is 1. The van der Waals surface area contributed by atoms with Gasteiger partial charge in [-0.05, 0) is 55.3 Å². The minimum atomic E-state index is -3.44. The first kappa shape index (κ1) is 14.8. The van der Waals surface area contributed by atoms with Crippen LogP contribution < -0.4 is 4.72 Å². The summed E-state index contributed by atoms with van der Waals surface area (Å²) in [6.07, 6.45) is 2.12. The number of hydrogen-bond acceptors (Lipinski definition) is 3. The molecule has 1 aromatic heterocycles. The fraction of sp³-hybridized carbons (Fsp3) is 0.375. The first-order valence-electron chi connectivity index (χ1n) is 7.04. The van der Waals surface area contributed by atoms with Gasteiger partial charge in [0.15, 0.2) is 0 Å². The zero-order valence-electron chi connectivity index (χ0n) is 12.2. The molecule has 3 nitrogen and oxygen atoms in total. The van der Waals surface area contributed by atoms with E-state index in [9.17, 15) is 8.42 Å². The Hall–Kier alpha value is -1.17. The molecular weight excluding hydrogens is 302 g/mol. The summed E-state index contributed by atoms with van der Waals surface area (Å²) < 4.78 is 27.9. The van der Waals surface area contributed by atoms with Crippen molar-refractivity contribution in [3.8, 4) is 0 Å². The van der Waals surface area contributed by atoms with Crippen molar-refractivity contribution < 1.29 is 8.42 Å². The van der Waals surface area contributed by atoms with Gasteiger partial charge in [0.1, 0.15) is 0 Å². The molecule has 0 saturated heterocycles. The maximum absolute atomic E-state index is 12.5. The normalized spacial score (nSPS) is 16.9. The van der Waals surface area contributed by atoms with E-state index >= 15 is 0 Å². The molecule has 0 unspecified atom stereocenters. The molecule has 2 aromatic rings. The fourth-order valence-corrected chi connectivity index (χ4v) is 4.99. The van der Waals surface area contributed by atoms with E-state index in [4.69, 9.17) is 0 Å². The summed E-state index contributed by atoms with van der Waals surface area (Å²) in [5.41, 5.74) is 1.77. The van der Waals surface area contributed by atoms with Crippen molar-refractivity contribution in [3.05, 3.63) is 51.7 Å². The number of hydrogen-bond donors (Lipinski definition) is 1. The van der Waals surface area contributed by atoms with Crippen LogP contribution in [-0.4, -0.2) is 15.0 Å². The van der Waals surface area contributed by atoms with Gasteiger partial charge in [-0.2, -0.15) is 0 Å². The lowest BCUT2D eigenvalue weighted by Gasteiger charge is -2.16. The van der Waals surface area contributed by atoms with Crippen LogP contribution in [0, 0.1) is 13.8 Å². The van der Waals surface area contributed by atoms with Crippen molar-refractivity contribution in [2.24, 2.45) is 0 Å². The second-order valence-corrected chi connectivity index (χ2v) is 8.53. The van der Waals surface area contributed by atoms with Crippen molar-refractivity contribution in [1.82, 2.24) is 4.72 Å². The summed E-state index contributed by atoms with van der Waals surface area (Å²) in [5.74, 6) is 0. The van der Waals surface area contributed by atoms with E-state index in [1.807, 2.05) is 32.0 Å². The quantitative estimate of drug-likeness (QED) is 0.917. The highest BCUT2D eigenvalue weighted by molar-refractivity contribution is 7.89. The van der Waals surface area contributed by atoms with Crippen molar-refractivity contribution in [2.75, 3.05) is 6.54 Å². The molecule has 1 aromatic carbocycles. The van der Waals surface area contributed by atoms with Crippen LogP contribution in [0.5, 0.6) is 0 Å². The van der Waals surface area contributed by atoms with Crippen LogP contribution >= 0.6 is 11.3 Å². The Bertz CT molecular complexity index is 745. The van der Waals surface area contributed by atoms with Crippen LogP contribution in [0.2, 0.25) is 0 Å². The number of nitrogens with one attached hydrogen (secondary N) is 1. The van der Waals surface area contributed by atoms with Crippen LogP contribution in [0.1, 0.15) is 28.8 Å². The Balaban J connectivity index is 1.80. The van der Waals surface area contributed by atoms with E-state index in [0.29, 0.717) is 11.4 Å². The topological polar surface area (TPSA) is 46.2 Å². The monoisotopic (exact) mass is 321 g/mol. The molecule has 112 valence electrons. The number of benzene rings is 1. The molecule has 5 heteroatoms. The Labute approximate surface area is 130 Å². The molecule has 1 aliphatic rings. The smallest absolute Gasteiger partial charge is 0.210 e. The molecule has 1 fully saturated rings. The van der Waals surface area contributed by atoms with Gasteiger partial charge < -0.3 is 0 Å². The number of rotatable bonds is 5. The highest BCUT2D eigenvalue weighted by Gasteiger charge is 2.45. The Morgan fingerprint density at radius 2 is 2.00 bits per heavy atom. The number of sulfonamides is 1. The second kappa shape index (κ2) is 5.23. The van der Waals surface area contributed by atoms with Gasteiger partial charge in [-0.25, -0.2) is 13.1 Å². The standard InChI is InChI=1S/C16H19NO2S2/c1-12-5-6-13(2)14(10-12)21(18,19)17-11-16(7-8-16)15-4-3-9-20-15/h3-6,9-10,17H,7-8,11H2,1-2H3. The molecule has 0 spiro atoms. The van der Waals surface area contributed by atoms with Crippen LogP contribution in [0.15, 0.2) is 40.6 Å². The summed E-state index contributed by atoms with van der Waals surface area (Å²) in [5, 5.41) is 2.05. The van der Waals surface area contributed by atoms with Crippen LogP contribution in [0.4, 0.5) is 0 Å². The van der Waals surface area contributed by atoms with Crippen LogP contribution in [0.3, 0.4) is 0 Å². The van der Waals surface area contributed by atoms with Crippen molar-refractivity contribution in [2.45, 2.75) is 37.0 Å². The molecule has 1 aliphatic carbocycles. The summed E-state index contributed by atoms with van der Waals surface area (Å²) in [6.45, 7) is 4.23. The zero-order valence-corrected chi connectivity index (χ0v) is 13.9. The van der Waals surface area contributed by atoms with Crippen molar-refractivity contribution in [3.63, 3.8) is 0 Å². The molecule has 0 aliphatic heterocycles. The third kappa shape index (κ3) is 2.91. The third-order valence-electron chi connectivity index (χ3n) is 4.13. The van der Waals surface area contributed by atoms with Gasteiger partial charge in [-0.15, -0.1) is 11.3 Å². The van der Waals surface area contributed by atoms with E-state index < -0.39 is 10.0 Å². The summed E-state index contributed by atoms with van der Waals surface area (Å²) in [6, 6.07) is 9.66. The Kier molecular flexibility index (Phi) is 3.67. The van der Waals surface area contributed by atoms with E-state index in [1.165, 1.54) is 4.88 Å². The maximum atomic E-state index is 12.5. The maximum Gasteiger partial charge on any atom is 0.240 e. The first-order valence-corrected chi connectivity index (χ1v) is 9.40. The summed E-state index contributed by atoms with van der Waals surface area (Å²) >= 11 is 1.71. The summed E-state index contributed by atoms with van der Waals surface area (Å²) in [7, 11) is -3.44. The van der Waals surface area contributed by atoms with Crippen molar-refractivity contribution >= 4 is 21.4 Å². The SMILES string of the molecule is Cc1ccc(C)c(S(=O)(=O)NCC2(c3cccs3)CC2)c1. The minimum absolute atomic E-state index is 0.0268. The van der Waals surface area contributed by atoms with E-state index in [2.05, 4.69) is 16.2 Å². The molecular formula is C16H19NO2S2. The highest BCUT2D eigenvalue weighted by Crippen LogP contribution is 2.49. The minimum Gasteiger partial charge on any atom is -0.210 e. The van der Waals surface area contributed by atoms with Gasteiger partial charge in [-0.3, -0.25) is 0 Å². The molecule has 1 heterocycles. The molecule has 21 heavy (non-hydrogen) atoms. The third-order valence-corrected chi connectivity index (χ3v) is 6.79. The fourth-order valence-electron chi connectivity index (χ4n) is 2.55. The van der Waals surface area contributed by atoms with E-state index in [0.717, 1.165) is 24.0 Å². The molecule has 3 rings (SSSR count). The molecule has 1 N–H and O–H groups in total. The second-order valence-electron chi connectivity index (χ2n) is 5.85. The first-order chi connectivity index (χ1) is 9.93. The Morgan fingerprint density at radius 3 is 2.62 bits per heavy atom. The Morgan fingerprint density at radius 1 is 1.24 bits per heavy atom. The van der Waals surface area contributed by atoms with Gasteiger partial charge in [0, 0.05) is 16.8 Å². The lowest BCUT2D eigenvalue weighted by molar-refractivity contribution is 0.568. The molecule has 0 bridgehead atoms. The zero-order chi connectivity index (χ0) is 15.1. The van der Waals surface area contributed by atoms with Gasteiger partial charge >= 0.3 is 0 Å². The van der Waals surface area contributed by atoms with Gasteiger partial charge in [0.05, 0.1) is 4.90 Å². The van der Waals surface area contributed by atoms with Gasteiger partial charge in [0.2, 0.25) is 10.0 Å². The predicted molar refractivity (Wildman–Crippen MR) is 86.3 cm³/mol.